The fourth-order valence-corrected chi connectivity index (χ4v) is 3.43. The van der Waals surface area contributed by atoms with Gasteiger partial charge in [0, 0.05) is 23.1 Å². The fourth-order valence-electron chi connectivity index (χ4n) is 3.43. The van der Waals surface area contributed by atoms with Crippen LogP contribution in [0.15, 0.2) is 12.1 Å². The molecule has 0 bridgehead atoms. The smallest absolute Gasteiger partial charge is 0.336 e. The molecule has 0 fully saturated rings. The molecule has 0 unspecified atom stereocenters. The predicted molar refractivity (Wildman–Crippen MR) is 93.1 cm³/mol. The summed E-state index contributed by atoms with van der Waals surface area (Å²) in [7, 11) is 0. The van der Waals surface area contributed by atoms with Crippen LogP contribution in [-0.4, -0.2) is 44.3 Å². The molecule has 144 valence electrons. The van der Waals surface area contributed by atoms with Gasteiger partial charge < -0.3 is 25.2 Å². The fraction of sp³-hybridized carbons (Fsp3) is 0.158. The summed E-state index contributed by atoms with van der Waals surface area (Å²) >= 11 is 0. The third kappa shape index (κ3) is 2.73. The lowest BCUT2D eigenvalue weighted by atomic mass is 9.86. The molecule has 3 rings (SSSR count). The lowest BCUT2D eigenvalue weighted by molar-refractivity contribution is 0.0649. The van der Waals surface area contributed by atoms with Gasteiger partial charge in [-0.1, -0.05) is 0 Å². The number of fused-ring (bicyclic) bond motifs is 2. The van der Waals surface area contributed by atoms with Crippen LogP contribution >= 0.6 is 0 Å². The first-order chi connectivity index (χ1) is 13.0. The van der Waals surface area contributed by atoms with Gasteiger partial charge in [-0.25, -0.2) is 19.2 Å². The molecule has 0 aliphatic carbocycles. The van der Waals surface area contributed by atoms with Gasteiger partial charge in [0.25, 0.3) is 0 Å². The number of benzene rings is 2. The number of hydrogen-bond donors (Lipinski definition) is 4. The zero-order valence-corrected chi connectivity index (χ0v) is 14.7. The normalized spacial score (nSPS) is 11.8. The van der Waals surface area contributed by atoms with Crippen molar-refractivity contribution in [3.05, 3.63) is 56.6 Å². The molecule has 1 heterocycles. The van der Waals surface area contributed by atoms with Crippen LogP contribution in [0.5, 0.6) is 11.5 Å². The third-order valence-corrected chi connectivity index (χ3v) is 4.74. The van der Waals surface area contributed by atoms with Gasteiger partial charge in [0.1, 0.15) is 11.5 Å². The summed E-state index contributed by atoms with van der Waals surface area (Å²) < 4.78 is 5.73. The molecule has 0 radical (unpaired) electrons. The molecule has 0 aromatic heterocycles. The van der Waals surface area contributed by atoms with Gasteiger partial charge in [-0.15, -0.1) is 0 Å². The number of carboxylic acids is 4. The van der Waals surface area contributed by atoms with Crippen molar-refractivity contribution in [3.63, 3.8) is 0 Å². The van der Waals surface area contributed by atoms with E-state index in [1.165, 1.54) is 19.9 Å². The Hall–Kier alpha value is -3.88. The van der Waals surface area contributed by atoms with Crippen molar-refractivity contribution >= 4 is 23.9 Å². The van der Waals surface area contributed by atoms with Crippen molar-refractivity contribution in [2.24, 2.45) is 0 Å². The maximum absolute atomic E-state index is 11.6. The molecule has 4 N–H and O–H groups in total. The molecule has 2 aromatic rings. The second-order valence-corrected chi connectivity index (χ2v) is 6.31. The van der Waals surface area contributed by atoms with E-state index in [4.69, 9.17) is 4.74 Å². The van der Waals surface area contributed by atoms with Gasteiger partial charge >= 0.3 is 23.9 Å². The van der Waals surface area contributed by atoms with Gasteiger partial charge in [0.05, 0.1) is 22.3 Å². The highest BCUT2D eigenvalue weighted by atomic mass is 16.5. The molecule has 0 saturated heterocycles. The summed E-state index contributed by atoms with van der Waals surface area (Å²) in [6.45, 7) is 2.86. The zero-order valence-electron chi connectivity index (χ0n) is 14.7. The number of aromatic carboxylic acids is 4. The summed E-state index contributed by atoms with van der Waals surface area (Å²) in [4.78, 5) is 46.1. The van der Waals surface area contributed by atoms with Crippen LogP contribution in [0.2, 0.25) is 0 Å². The van der Waals surface area contributed by atoms with Gasteiger partial charge in [-0.05, 0) is 31.5 Å². The van der Waals surface area contributed by atoms with E-state index in [0.29, 0.717) is 11.1 Å². The molecule has 0 spiro atoms. The standard InChI is InChI=1S/C19H14O9/c1-6-9-3-8-4-10(16(20)21)11(17(22)23)5-12(8)28-15(9)7(2)14(19(26)27)13(6)18(24)25/h4-5H,3H2,1-2H3,(H,20,21)(H,22,23)(H,24,25)(H,26,27). The average Bonchev–Trinajstić information content (AvgIpc) is 2.61. The van der Waals surface area contributed by atoms with E-state index >= 15 is 0 Å². The summed E-state index contributed by atoms with van der Waals surface area (Å²) in [5.41, 5.74) is -0.614. The topological polar surface area (TPSA) is 158 Å². The Balaban J connectivity index is 2.30. The summed E-state index contributed by atoms with van der Waals surface area (Å²) in [6.07, 6.45) is 0.0672. The minimum atomic E-state index is -1.45. The maximum atomic E-state index is 11.6. The number of carbonyl (C=O) groups is 4. The lowest BCUT2D eigenvalue weighted by Gasteiger charge is -2.26. The molecule has 9 nitrogen and oxygen atoms in total. The highest BCUT2D eigenvalue weighted by Gasteiger charge is 2.32. The van der Waals surface area contributed by atoms with Crippen molar-refractivity contribution in [1.82, 2.24) is 0 Å². The van der Waals surface area contributed by atoms with Gasteiger partial charge in [-0.3, -0.25) is 0 Å². The van der Waals surface area contributed by atoms with E-state index in [9.17, 15) is 39.6 Å². The predicted octanol–water partition coefficient (Wildman–Crippen LogP) is 2.79. The third-order valence-electron chi connectivity index (χ3n) is 4.74. The first-order valence-electron chi connectivity index (χ1n) is 7.98. The Morgan fingerprint density at radius 1 is 0.786 bits per heavy atom. The van der Waals surface area contributed by atoms with E-state index in [-0.39, 0.29) is 34.6 Å². The molecule has 0 amide bonds. The molecule has 2 aromatic carbocycles. The Kier molecular flexibility index (Phi) is 4.30. The molecule has 0 atom stereocenters. The minimum Gasteiger partial charge on any atom is -0.478 e. The molecule has 9 heteroatoms. The number of carboxylic acid groups (broad SMARTS) is 4. The number of ether oxygens (including phenoxy) is 1. The van der Waals surface area contributed by atoms with E-state index < -0.39 is 40.6 Å². The van der Waals surface area contributed by atoms with Crippen LogP contribution in [-0.2, 0) is 6.42 Å². The van der Waals surface area contributed by atoms with Crippen molar-refractivity contribution < 1.29 is 44.3 Å². The van der Waals surface area contributed by atoms with Crippen molar-refractivity contribution in [1.29, 1.82) is 0 Å². The van der Waals surface area contributed by atoms with Crippen LogP contribution in [0.3, 0.4) is 0 Å². The lowest BCUT2D eigenvalue weighted by Crippen LogP contribution is -2.18. The van der Waals surface area contributed by atoms with Crippen LogP contribution in [0, 0.1) is 13.8 Å². The van der Waals surface area contributed by atoms with E-state index in [1.54, 1.807) is 0 Å². The van der Waals surface area contributed by atoms with Crippen LogP contribution < -0.4 is 4.74 Å². The van der Waals surface area contributed by atoms with Gasteiger partial charge in [-0.2, -0.15) is 0 Å². The first-order valence-corrected chi connectivity index (χ1v) is 7.98. The molecule has 28 heavy (non-hydrogen) atoms. The van der Waals surface area contributed by atoms with Crippen LogP contribution in [0.4, 0.5) is 0 Å². The van der Waals surface area contributed by atoms with E-state index in [1.807, 2.05) is 0 Å². The van der Waals surface area contributed by atoms with Crippen molar-refractivity contribution in [3.8, 4) is 11.5 Å². The Labute approximate surface area is 157 Å². The van der Waals surface area contributed by atoms with Crippen LogP contribution in [0.25, 0.3) is 0 Å². The molecular formula is C19H14O9. The average molecular weight is 386 g/mol. The van der Waals surface area contributed by atoms with Gasteiger partial charge in [0.15, 0.2) is 0 Å². The van der Waals surface area contributed by atoms with Crippen molar-refractivity contribution in [2.45, 2.75) is 20.3 Å². The van der Waals surface area contributed by atoms with E-state index in [0.717, 1.165) is 6.07 Å². The minimum absolute atomic E-state index is 0.0672. The van der Waals surface area contributed by atoms with Gasteiger partial charge in [0.2, 0.25) is 0 Å². The zero-order chi connectivity index (χ0) is 20.9. The summed E-state index contributed by atoms with van der Waals surface area (Å²) in [5.74, 6) is -5.49. The number of hydrogen-bond acceptors (Lipinski definition) is 5. The second-order valence-electron chi connectivity index (χ2n) is 6.31. The Bertz CT molecular complexity index is 1010. The largest absolute Gasteiger partial charge is 0.478 e. The first kappa shape index (κ1) is 18.9. The highest BCUT2D eigenvalue weighted by Crippen LogP contribution is 2.44. The van der Waals surface area contributed by atoms with Crippen LogP contribution in [0.1, 0.15) is 63.7 Å². The molecule has 1 aliphatic rings. The molecular weight excluding hydrogens is 372 g/mol. The Morgan fingerprint density at radius 2 is 1.29 bits per heavy atom. The summed E-state index contributed by atoms with van der Waals surface area (Å²) in [6, 6.07) is 2.24. The SMILES string of the molecule is Cc1c2c(c(C)c(C(=O)O)c1C(=O)O)Oc1cc(C(=O)O)c(C(=O)O)cc1C2. The second kappa shape index (κ2) is 6.38. The Morgan fingerprint density at radius 3 is 1.79 bits per heavy atom. The molecule has 1 aliphatic heterocycles. The summed E-state index contributed by atoms with van der Waals surface area (Å²) in [5, 5.41) is 37.5. The highest BCUT2D eigenvalue weighted by molar-refractivity contribution is 6.05. The maximum Gasteiger partial charge on any atom is 0.336 e. The molecule has 0 saturated carbocycles. The number of rotatable bonds is 4. The quantitative estimate of drug-likeness (QED) is 0.529. The van der Waals surface area contributed by atoms with Crippen molar-refractivity contribution in [2.75, 3.05) is 0 Å². The van der Waals surface area contributed by atoms with E-state index in [2.05, 4.69) is 0 Å². The monoisotopic (exact) mass is 386 g/mol.